The maximum atomic E-state index is 13.4. The maximum absolute atomic E-state index is 13.4. The number of halogens is 4. The predicted octanol–water partition coefficient (Wildman–Crippen LogP) is 3.99. The number of hydrogen-bond acceptors (Lipinski definition) is 4. The van der Waals surface area contributed by atoms with Crippen molar-refractivity contribution in [3.8, 4) is 0 Å². The fraction of sp³-hybridized carbons (Fsp3) is 0.391. The molecule has 0 aliphatic heterocycles. The van der Waals surface area contributed by atoms with Crippen LogP contribution in [-0.2, 0) is 32.3 Å². The molecule has 2 amide bonds. The number of benzene rings is 2. The van der Waals surface area contributed by atoms with Crippen molar-refractivity contribution in [2.45, 2.75) is 39.0 Å². The van der Waals surface area contributed by atoms with E-state index in [1.165, 1.54) is 11.9 Å². The van der Waals surface area contributed by atoms with Crippen molar-refractivity contribution in [2.75, 3.05) is 24.2 Å². The van der Waals surface area contributed by atoms with E-state index in [1.54, 1.807) is 19.1 Å². The van der Waals surface area contributed by atoms with Gasteiger partial charge in [-0.3, -0.25) is 13.9 Å². The Morgan fingerprint density at radius 3 is 2.20 bits per heavy atom. The molecule has 2 aromatic carbocycles. The van der Waals surface area contributed by atoms with E-state index in [2.05, 4.69) is 5.32 Å². The largest absolute Gasteiger partial charge is 0.417 e. The second kappa shape index (κ2) is 11.3. The summed E-state index contributed by atoms with van der Waals surface area (Å²) in [4.78, 5) is 27.1. The molecule has 0 aromatic heterocycles. The molecule has 0 spiro atoms. The van der Waals surface area contributed by atoms with Crippen LogP contribution < -0.4 is 9.62 Å². The van der Waals surface area contributed by atoms with Crippen molar-refractivity contribution in [1.29, 1.82) is 0 Å². The number of carbonyl (C=O) groups is 2. The normalized spacial score (nSPS) is 12.7. The molecule has 0 radical (unpaired) electrons. The van der Waals surface area contributed by atoms with Crippen LogP contribution in [0, 0.1) is 6.92 Å². The third-order valence-corrected chi connectivity index (χ3v) is 6.80. The minimum Gasteiger partial charge on any atom is -0.357 e. The van der Waals surface area contributed by atoms with Gasteiger partial charge in [0.15, 0.2) is 0 Å². The third-order valence-electron chi connectivity index (χ3n) is 5.33. The van der Waals surface area contributed by atoms with Crippen LogP contribution in [0.3, 0.4) is 0 Å². The van der Waals surface area contributed by atoms with Crippen molar-refractivity contribution in [2.24, 2.45) is 0 Å². The van der Waals surface area contributed by atoms with E-state index in [-0.39, 0.29) is 18.7 Å². The van der Waals surface area contributed by atoms with Crippen LogP contribution in [0.5, 0.6) is 0 Å². The lowest BCUT2D eigenvalue weighted by atomic mass is 10.1. The molecule has 0 bridgehead atoms. The number of carbonyl (C=O) groups excluding carboxylic acids is 2. The van der Waals surface area contributed by atoms with Gasteiger partial charge in [0.1, 0.15) is 12.6 Å². The lowest BCUT2D eigenvalue weighted by Gasteiger charge is -2.32. The fourth-order valence-electron chi connectivity index (χ4n) is 3.48. The molecule has 0 saturated heterocycles. The van der Waals surface area contributed by atoms with E-state index < -0.39 is 51.2 Å². The van der Waals surface area contributed by atoms with E-state index in [0.717, 1.165) is 24.0 Å². The Kier molecular flexibility index (Phi) is 9.18. The Balaban J connectivity index is 2.50. The lowest BCUT2D eigenvalue weighted by Crippen LogP contribution is -2.51. The van der Waals surface area contributed by atoms with Gasteiger partial charge in [-0.1, -0.05) is 48.4 Å². The molecule has 2 aromatic rings. The average molecular weight is 534 g/mol. The van der Waals surface area contributed by atoms with Crippen LogP contribution in [0.15, 0.2) is 42.5 Å². The van der Waals surface area contributed by atoms with Gasteiger partial charge in [0.2, 0.25) is 21.8 Å². The number of nitrogens with one attached hydrogen (secondary N) is 1. The molecule has 0 saturated carbocycles. The summed E-state index contributed by atoms with van der Waals surface area (Å²) in [5.41, 5.74) is 0.0754. The third kappa shape index (κ3) is 7.35. The Bertz CT molecular complexity index is 1170. The number of alkyl halides is 3. The van der Waals surface area contributed by atoms with Gasteiger partial charge < -0.3 is 10.2 Å². The first-order valence-corrected chi connectivity index (χ1v) is 12.8. The number of aryl methyl sites for hydroxylation is 1. The second-order valence-corrected chi connectivity index (χ2v) is 10.3. The van der Waals surface area contributed by atoms with Gasteiger partial charge in [-0.15, -0.1) is 0 Å². The summed E-state index contributed by atoms with van der Waals surface area (Å²) < 4.78 is 65.7. The Morgan fingerprint density at radius 2 is 1.71 bits per heavy atom. The number of likely N-dealkylation sites (N-methyl/N-ethyl adjacent to an activating group) is 1. The molecule has 0 unspecified atom stereocenters. The maximum Gasteiger partial charge on any atom is 0.417 e. The Labute approximate surface area is 207 Å². The molecule has 0 fully saturated rings. The van der Waals surface area contributed by atoms with Crippen LogP contribution in [-0.4, -0.2) is 51.0 Å². The van der Waals surface area contributed by atoms with Crippen LogP contribution in [0.2, 0.25) is 5.02 Å². The second-order valence-electron chi connectivity index (χ2n) is 7.98. The van der Waals surface area contributed by atoms with Crippen LogP contribution in [0.4, 0.5) is 18.9 Å². The highest BCUT2D eigenvalue weighted by atomic mass is 35.5. The van der Waals surface area contributed by atoms with Gasteiger partial charge in [-0.05, 0) is 37.1 Å². The van der Waals surface area contributed by atoms with Crippen molar-refractivity contribution in [1.82, 2.24) is 10.2 Å². The van der Waals surface area contributed by atoms with E-state index in [9.17, 15) is 31.2 Å². The average Bonchev–Trinajstić information content (AvgIpc) is 2.77. The summed E-state index contributed by atoms with van der Waals surface area (Å²) in [6.07, 6.45) is -3.82. The topological polar surface area (TPSA) is 86.8 Å². The van der Waals surface area contributed by atoms with E-state index in [1.807, 2.05) is 19.1 Å². The first kappa shape index (κ1) is 28.4. The van der Waals surface area contributed by atoms with Gasteiger partial charge >= 0.3 is 6.18 Å². The van der Waals surface area contributed by atoms with Crippen molar-refractivity contribution in [3.63, 3.8) is 0 Å². The molecular formula is C23H27ClF3N3O4S. The van der Waals surface area contributed by atoms with Gasteiger partial charge in [0.25, 0.3) is 0 Å². The smallest absolute Gasteiger partial charge is 0.357 e. The van der Waals surface area contributed by atoms with Crippen LogP contribution in [0.1, 0.15) is 30.0 Å². The van der Waals surface area contributed by atoms with Gasteiger partial charge in [0, 0.05) is 13.6 Å². The highest BCUT2D eigenvalue weighted by molar-refractivity contribution is 7.92. The van der Waals surface area contributed by atoms with Gasteiger partial charge in [-0.2, -0.15) is 13.2 Å². The molecule has 1 N–H and O–H groups in total. The Morgan fingerprint density at radius 1 is 1.11 bits per heavy atom. The van der Waals surface area contributed by atoms with E-state index in [4.69, 9.17) is 11.6 Å². The number of rotatable bonds is 9. The number of hydrogen-bond donors (Lipinski definition) is 1. The fourth-order valence-corrected chi connectivity index (χ4v) is 4.54. The first-order valence-electron chi connectivity index (χ1n) is 10.6. The van der Waals surface area contributed by atoms with Crippen molar-refractivity contribution < 1.29 is 31.2 Å². The van der Waals surface area contributed by atoms with E-state index in [0.29, 0.717) is 15.9 Å². The van der Waals surface area contributed by atoms with Crippen molar-refractivity contribution >= 4 is 39.1 Å². The molecule has 0 heterocycles. The van der Waals surface area contributed by atoms with Gasteiger partial charge in [0.05, 0.1) is 22.5 Å². The summed E-state index contributed by atoms with van der Waals surface area (Å²) in [7, 11) is -2.77. The lowest BCUT2D eigenvalue weighted by molar-refractivity contribution is -0.140. The van der Waals surface area contributed by atoms with E-state index >= 15 is 0 Å². The molecule has 0 aliphatic carbocycles. The quantitative estimate of drug-likeness (QED) is 0.528. The summed E-state index contributed by atoms with van der Waals surface area (Å²) in [5.74, 6) is -1.21. The Hall–Kier alpha value is -2.79. The zero-order valence-corrected chi connectivity index (χ0v) is 21.3. The molecule has 2 rings (SSSR count). The standard InChI is InChI=1S/C23H27ClF3N3O4S/c1-5-20(22(32)28-3)29(13-16-8-6-15(2)7-9-16)21(31)14-30(35(4,33)34)17-10-11-19(24)18(12-17)23(25,26)27/h6-12,20H,5,13-14H2,1-4H3,(H,28,32)/t20-/m1/s1. The van der Waals surface area contributed by atoms with Gasteiger partial charge in [-0.25, -0.2) is 8.42 Å². The molecule has 192 valence electrons. The number of sulfonamides is 1. The zero-order chi connectivity index (χ0) is 26.6. The summed E-state index contributed by atoms with van der Waals surface area (Å²) in [6, 6.07) is 8.87. The predicted molar refractivity (Wildman–Crippen MR) is 129 cm³/mol. The van der Waals surface area contributed by atoms with Crippen molar-refractivity contribution in [3.05, 3.63) is 64.2 Å². The zero-order valence-electron chi connectivity index (χ0n) is 19.7. The molecule has 1 atom stereocenters. The van der Waals surface area contributed by atoms with Crippen LogP contribution >= 0.6 is 11.6 Å². The molecule has 0 aliphatic rings. The molecule has 12 heteroatoms. The molecular weight excluding hydrogens is 507 g/mol. The SMILES string of the molecule is CC[C@H](C(=O)NC)N(Cc1ccc(C)cc1)C(=O)CN(c1ccc(Cl)c(C(F)(F)F)c1)S(C)(=O)=O. The number of anilines is 1. The number of nitrogens with zero attached hydrogens (tertiary/aromatic N) is 2. The first-order chi connectivity index (χ1) is 16.2. The molecule has 35 heavy (non-hydrogen) atoms. The summed E-state index contributed by atoms with van der Waals surface area (Å²) >= 11 is 5.66. The highest BCUT2D eigenvalue weighted by Crippen LogP contribution is 2.37. The van der Waals surface area contributed by atoms with Crippen LogP contribution in [0.25, 0.3) is 0 Å². The minimum absolute atomic E-state index is 0.00292. The summed E-state index contributed by atoms with van der Waals surface area (Å²) in [6.45, 7) is 2.77. The highest BCUT2D eigenvalue weighted by Gasteiger charge is 2.36. The number of amides is 2. The summed E-state index contributed by atoms with van der Waals surface area (Å²) in [5, 5.41) is 1.88. The minimum atomic E-state index is -4.83. The molecule has 7 nitrogen and oxygen atoms in total. The monoisotopic (exact) mass is 533 g/mol.